The van der Waals surface area contributed by atoms with E-state index in [1.165, 1.54) is 10.5 Å². The maximum atomic E-state index is 12.9. The molecule has 0 spiro atoms. The number of carbonyl (C=O) groups is 2. The lowest BCUT2D eigenvalue weighted by Crippen LogP contribution is -2.50. The highest BCUT2D eigenvalue weighted by atomic mass is 32.2. The number of carbonyl (C=O) groups excluding carboxylic acids is 2. The molecule has 1 aliphatic heterocycles. The van der Waals surface area contributed by atoms with E-state index in [0.717, 1.165) is 5.75 Å². The van der Waals surface area contributed by atoms with Crippen LogP contribution >= 0.6 is 11.8 Å². The van der Waals surface area contributed by atoms with Crippen LogP contribution in [0.5, 0.6) is 0 Å². The Balaban J connectivity index is 1.30. The van der Waals surface area contributed by atoms with Crippen molar-refractivity contribution in [2.24, 2.45) is 0 Å². The topological polar surface area (TPSA) is 40.6 Å². The Morgan fingerprint density at radius 3 is 1.63 bits per heavy atom. The number of hydrogen-bond acceptors (Lipinski definition) is 3. The molecule has 152 valence electrons. The molecule has 0 aromatic heterocycles. The summed E-state index contributed by atoms with van der Waals surface area (Å²) in [6, 6.07) is 27.5. The van der Waals surface area contributed by atoms with Gasteiger partial charge in [-0.05, 0) is 42.0 Å². The lowest BCUT2D eigenvalue weighted by atomic mass is 10.1. The molecule has 3 aromatic rings. The molecule has 0 N–H and O–H groups in total. The van der Waals surface area contributed by atoms with Crippen molar-refractivity contribution in [2.45, 2.75) is 10.6 Å². The molecule has 0 bridgehead atoms. The fourth-order valence-electron chi connectivity index (χ4n) is 3.49. The number of thioether (sulfide) groups is 1. The fourth-order valence-corrected chi connectivity index (χ4v) is 4.36. The number of nitrogens with zero attached hydrogens (tertiary/aromatic N) is 2. The van der Waals surface area contributed by atoms with Gasteiger partial charge >= 0.3 is 0 Å². The van der Waals surface area contributed by atoms with Crippen LogP contribution < -0.4 is 0 Å². The van der Waals surface area contributed by atoms with Crippen molar-refractivity contribution in [2.75, 3.05) is 26.2 Å². The van der Waals surface area contributed by atoms with E-state index in [1.807, 2.05) is 82.6 Å². The Bertz CT molecular complexity index is 983. The van der Waals surface area contributed by atoms with Crippen LogP contribution in [-0.4, -0.2) is 47.8 Å². The number of rotatable bonds is 5. The summed E-state index contributed by atoms with van der Waals surface area (Å²) in [6.07, 6.45) is 0. The van der Waals surface area contributed by atoms with Gasteiger partial charge in [0.2, 0.25) is 0 Å². The molecule has 3 aromatic carbocycles. The van der Waals surface area contributed by atoms with Crippen molar-refractivity contribution in [3.63, 3.8) is 0 Å². The van der Waals surface area contributed by atoms with E-state index in [0.29, 0.717) is 37.3 Å². The fraction of sp³-hybridized carbons (Fsp3) is 0.200. The molecule has 1 heterocycles. The minimum Gasteiger partial charge on any atom is -0.335 e. The summed E-state index contributed by atoms with van der Waals surface area (Å²) >= 11 is 1.78. The predicted octanol–water partition coefficient (Wildman–Crippen LogP) is 4.58. The largest absolute Gasteiger partial charge is 0.335 e. The highest BCUT2D eigenvalue weighted by Gasteiger charge is 2.25. The number of benzene rings is 3. The molecular formula is C25H24N2O2S. The van der Waals surface area contributed by atoms with Gasteiger partial charge in [0.25, 0.3) is 11.8 Å². The molecule has 1 fully saturated rings. The van der Waals surface area contributed by atoms with E-state index >= 15 is 0 Å². The van der Waals surface area contributed by atoms with Gasteiger partial charge in [-0.1, -0.05) is 48.5 Å². The average Bonchev–Trinajstić information content (AvgIpc) is 2.83. The van der Waals surface area contributed by atoms with Gasteiger partial charge in [0.15, 0.2) is 0 Å². The first-order chi connectivity index (χ1) is 14.7. The maximum absolute atomic E-state index is 12.9. The zero-order valence-electron chi connectivity index (χ0n) is 16.7. The minimum atomic E-state index is 0.0305. The van der Waals surface area contributed by atoms with Crippen LogP contribution in [0.2, 0.25) is 0 Å². The Kier molecular flexibility index (Phi) is 6.50. The van der Waals surface area contributed by atoms with Gasteiger partial charge in [-0.25, -0.2) is 0 Å². The smallest absolute Gasteiger partial charge is 0.253 e. The van der Waals surface area contributed by atoms with Crippen LogP contribution in [0.3, 0.4) is 0 Å². The highest BCUT2D eigenvalue weighted by Crippen LogP contribution is 2.22. The second kappa shape index (κ2) is 9.63. The monoisotopic (exact) mass is 416 g/mol. The Hall–Kier alpha value is -3.05. The zero-order valence-corrected chi connectivity index (χ0v) is 17.6. The van der Waals surface area contributed by atoms with Crippen LogP contribution in [0.4, 0.5) is 0 Å². The Labute approximate surface area is 181 Å². The normalized spacial score (nSPS) is 13.9. The quantitative estimate of drug-likeness (QED) is 0.572. The first-order valence-electron chi connectivity index (χ1n) is 10.1. The van der Waals surface area contributed by atoms with E-state index < -0.39 is 0 Å². The molecule has 0 radical (unpaired) electrons. The summed E-state index contributed by atoms with van der Waals surface area (Å²) in [4.78, 5) is 30.3. The molecule has 0 unspecified atom stereocenters. The SMILES string of the molecule is O=C(c1ccccc1)N1CCN(C(=O)c2ccc(CSc3ccccc3)cc2)CC1. The molecule has 1 saturated heterocycles. The van der Waals surface area contributed by atoms with Crippen LogP contribution in [0, 0.1) is 0 Å². The second-order valence-corrected chi connectivity index (χ2v) is 8.30. The van der Waals surface area contributed by atoms with Crippen molar-refractivity contribution >= 4 is 23.6 Å². The van der Waals surface area contributed by atoms with Gasteiger partial charge in [0.1, 0.15) is 0 Å². The van der Waals surface area contributed by atoms with Crippen molar-refractivity contribution in [1.82, 2.24) is 9.80 Å². The molecule has 2 amide bonds. The van der Waals surface area contributed by atoms with E-state index in [2.05, 4.69) is 12.1 Å². The predicted molar refractivity (Wildman–Crippen MR) is 121 cm³/mol. The Morgan fingerprint density at radius 2 is 1.10 bits per heavy atom. The zero-order chi connectivity index (χ0) is 20.8. The first-order valence-corrected chi connectivity index (χ1v) is 11.1. The van der Waals surface area contributed by atoms with Gasteiger partial charge < -0.3 is 9.80 Å². The second-order valence-electron chi connectivity index (χ2n) is 7.25. The summed E-state index contributed by atoms with van der Waals surface area (Å²) in [7, 11) is 0. The third-order valence-electron chi connectivity index (χ3n) is 5.22. The molecule has 0 atom stereocenters. The van der Waals surface area contributed by atoms with E-state index in [-0.39, 0.29) is 11.8 Å². The summed E-state index contributed by atoms with van der Waals surface area (Å²) < 4.78 is 0. The minimum absolute atomic E-state index is 0.0305. The molecule has 4 rings (SSSR count). The first kappa shape index (κ1) is 20.2. The van der Waals surface area contributed by atoms with Crippen LogP contribution in [0.1, 0.15) is 26.3 Å². The molecule has 5 heteroatoms. The number of piperazine rings is 1. The van der Waals surface area contributed by atoms with Gasteiger partial charge in [-0.3, -0.25) is 9.59 Å². The number of amides is 2. The lowest BCUT2D eigenvalue weighted by molar-refractivity contribution is 0.0535. The number of hydrogen-bond donors (Lipinski definition) is 0. The van der Waals surface area contributed by atoms with Gasteiger partial charge in [-0.2, -0.15) is 0 Å². The molecule has 0 saturated carbocycles. The van der Waals surface area contributed by atoms with Crippen molar-refractivity contribution in [3.05, 3.63) is 102 Å². The van der Waals surface area contributed by atoms with E-state index in [9.17, 15) is 9.59 Å². The summed E-state index contributed by atoms with van der Waals surface area (Å²) in [5, 5.41) is 0. The van der Waals surface area contributed by atoms with Gasteiger partial charge in [0, 0.05) is 48.0 Å². The van der Waals surface area contributed by atoms with Gasteiger partial charge in [0.05, 0.1) is 0 Å². The van der Waals surface area contributed by atoms with Crippen molar-refractivity contribution < 1.29 is 9.59 Å². The standard InChI is InChI=1S/C25H24N2O2S/c28-24(21-7-3-1-4-8-21)26-15-17-27(18-16-26)25(29)22-13-11-20(12-14-22)19-30-23-9-5-2-6-10-23/h1-14H,15-19H2. The molecule has 0 aliphatic carbocycles. The Morgan fingerprint density at radius 1 is 0.633 bits per heavy atom. The molecule has 1 aliphatic rings. The third kappa shape index (κ3) is 4.92. The third-order valence-corrected chi connectivity index (χ3v) is 6.31. The van der Waals surface area contributed by atoms with Gasteiger partial charge in [-0.15, -0.1) is 11.8 Å². The maximum Gasteiger partial charge on any atom is 0.253 e. The van der Waals surface area contributed by atoms with Crippen LogP contribution in [0.15, 0.2) is 89.8 Å². The van der Waals surface area contributed by atoms with Crippen molar-refractivity contribution in [1.29, 1.82) is 0 Å². The summed E-state index contributed by atoms with van der Waals surface area (Å²) in [6.45, 7) is 2.24. The van der Waals surface area contributed by atoms with Crippen LogP contribution in [0.25, 0.3) is 0 Å². The van der Waals surface area contributed by atoms with E-state index in [4.69, 9.17) is 0 Å². The highest BCUT2D eigenvalue weighted by molar-refractivity contribution is 7.98. The van der Waals surface area contributed by atoms with Crippen molar-refractivity contribution in [3.8, 4) is 0 Å². The molecule has 30 heavy (non-hydrogen) atoms. The molecular weight excluding hydrogens is 392 g/mol. The molecule has 4 nitrogen and oxygen atoms in total. The lowest BCUT2D eigenvalue weighted by Gasteiger charge is -2.35. The van der Waals surface area contributed by atoms with E-state index in [1.54, 1.807) is 11.8 Å². The summed E-state index contributed by atoms with van der Waals surface area (Å²) in [5.41, 5.74) is 2.59. The summed E-state index contributed by atoms with van der Waals surface area (Å²) in [5.74, 6) is 0.936. The van der Waals surface area contributed by atoms with Crippen LogP contribution in [-0.2, 0) is 5.75 Å². The average molecular weight is 417 g/mol.